The minimum absolute atomic E-state index is 0.0379. The number of hydrogen-bond acceptors (Lipinski definition) is 3. The fourth-order valence-corrected chi connectivity index (χ4v) is 2.69. The van der Waals surface area contributed by atoms with Gasteiger partial charge in [0.1, 0.15) is 22.4 Å². The molecule has 1 heterocycles. The Hall–Kier alpha value is -1.62. The minimum atomic E-state index is -0.681. The summed E-state index contributed by atoms with van der Waals surface area (Å²) >= 11 is 1.47. The molecule has 0 N–H and O–H groups in total. The molecule has 0 saturated carbocycles. The van der Waals surface area contributed by atoms with Gasteiger partial charge in [-0.1, -0.05) is 6.07 Å². The molecule has 0 atom stereocenters. The van der Waals surface area contributed by atoms with Crippen molar-refractivity contribution in [2.75, 3.05) is 0 Å². The van der Waals surface area contributed by atoms with Crippen molar-refractivity contribution in [2.45, 2.75) is 26.7 Å². The van der Waals surface area contributed by atoms with Gasteiger partial charge in [0.25, 0.3) is 0 Å². The number of ketones is 1. The molecule has 19 heavy (non-hydrogen) atoms. The zero-order valence-electron chi connectivity index (χ0n) is 10.7. The van der Waals surface area contributed by atoms with Crippen LogP contribution >= 0.6 is 11.3 Å². The lowest BCUT2D eigenvalue weighted by Gasteiger charge is -2.01. The van der Waals surface area contributed by atoms with Gasteiger partial charge in [0, 0.05) is 17.4 Å². The van der Waals surface area contributed by atoms with Gasteiger partial charge in [-0.2, -0.15) is 0 Å². The van der Waals surface area contributed by atoms with Gasteiger partial charge in [-0.3, -0.25) is 4.79 Å². The average molecular weight is 281 g/mol. The zero-order valence-corrected chi connectivity index (χ0v) is 11.5. The van der Waals surface area contributed by atoms with Gasteiger partial charge in [0.2, 0.25) is 0 Å². The number of aryl methyl sites for hydroxylation is 2. The first-order valence-electron chi connectivity index (χ1n) is 5.84. The monoisotopic (exact) mass is 281 g/mol. The Balaban J connectivity index is 2.05. The van der Waals surface area contributed by atoms with Crippen molar-refractivity contribution >= 4 is 17.1 Å². The Morgan fingerprint density at radius 2 is 2.00 bits per heavy atom. The number of hydrogen-bond donors (Lipinski definition) is 0. The van der Waals surface area contributed by atoms with E-state index in [-0.39, 0.29) is 24.2 Å². The highest BCUT2D eigenvalue weighted by Gasteiger charge is 2.12. The first-order valence-corrected chi connectivity index (χ1v) is 6.66. The topological polar surface area (TPSA) is 30.0 Å². The molecule has 100 valence electrons. The van der Waals surface area contributed by atoms with Gasteiger partial charge in [-0.05, 0) is 25.5 Å². The van der Waals surface area contributed by atoms with E-state index in [1.165, 1.54) is 17.4 Å². The molecule has 2 nitrogen and oxygen atoms in total. The highest BCUT2D eigenvalue weighted by Crippen LogP contribution is 2.18. The molecule has 0 aliphatic heterocycles. The summed E-state index contributed by atoms with van der Waals surface area (Å²) in [5.74, 6) is -1.45. The second-order valence-electron chi connectivity index (χ2n) is 4.38. The van der Waals surface area contributed by atoms with E-state index >= 15 is 0 Å². The lowest BCUT2D eigenvalue weighted by Crippen LogP contribution is -2.08. The van der Waals surface area contributed by atoms with Crippen molar-refractivity contribution in [1.29, 1.82) is 0 Å². The predicted octanol–water partition coefficient (Wildman–Crippen LogP) is 3.39. The standard InChI is InChI=1S/C14H13F2NOS/c1-8-9(2)19-14(17-8)7-12(18)5-10-3-4-11(15)6-13(10)16/h3-4,6H,5,7H2,1-2H3. The third kappa shape index (κ3) is 3.44. The van der Waals surface area contributed by atoms with Crippen LogP contribution in [0, 0.1) is 25.5 Å². The van der Waals surface area contributed by atoms with Crippen LogP contribution in [0.15, 0.2) is 18.2 Å². The minimum Gasteiger partial charge on any atom is -0.299 e. The summed E-state index contributed by atoms with van der Waals surface area (Å²) in [5.41, 5.74) is 1.14. The van der Waals surface area contributed by atoms with Crippen molar-refractivity contribution in [1.82, 2.24) is 4.98 Å². The number of carbonyl (C=O) groups is 1. The van der Waals surface area contributed by atoms with E-state index in [0.717, 1.165) is 27.7 Å². The van der Waals surface area contributed by atoms with E-state index in [1.54, 1.807) is 0 Å². The second-order valence-corrected chi connectivity index (χ2v) is 5.66. The first-order chi connectivity index (χ1) is 8.95. The van der Waals surface area contributed by atoms with Crippen LogP contribution < -0.4 is 0 Å². The molecule has 0 amide bonds. The van der Waals surface area contributed by atoms with Crippen LogP contribution in [0.25, 0.3) is 0 Å². The lowest BCUT2D eigenvalue weighted by molar-refractivity contribution is -0.117. The Morgan fingerprint density at radius 1 is 1.26 bits per heavy atom. The molecular formula is C14H13F2NOS. The molecule has 2 aromatic rings. The molecule has 1 aromatic heterocycles. The Kier molecular flexibility index (Phi) is 4.04. The molecule has 0 saturated heterocycles. The molecule has 0 aliphatic carbocycles. The summed E-state index contributed by atoms with van der Waals surface area (Å²) in [6, 6.07) is 3.25. The number of nitrogens with zero attached hydrogens (tertiary/aromatic N) is 1. The van der Waals surface area contributed by atoms with Crippen molar-refractivity contribution < 1.29 is 13.6 Å². The van der Waals surface area contributed by atoms with Crippen LogP contribution in [-0.2, 0) is 17.6 Å². The summed E-state index contributed by atoms with van der Waals surface area (Å²) < 4.78 is 26.2. The van der Waals surface area contributed by atoms with E-state index in [1.807, 2.05) is 13.8 Å². The number of carbonyl (C=O) groups excluding carboxylic acids is 1. The molecule has 1 aromatic carbocycles. The SMILES string of the molecule is Cc1nc(CC(=O)Cc2ccc(F)cc2F)sc1C. The summed E-state index contributed by atoms with van der Waals surface area (Å²) in [7, 11) is 0. The number of Topliss-reactive ketones (excluding diaryl/α,β-unsaturated/α-hetero) is 1. The molecule has 0 aliphatic rings. The van der Waals surface area contributed by atoms with Gasteiger partial charge >= 0.3 is 0 Å². The summed E-state index contributed by atoms with van der Waals surface area (Å²) in [5, 5.41) is 0.738. The van der Waals surface area contributed by atoms with E-state index in [2.05, 4.69) is 4.98 Å². The van der Waals surface area contributed by atoms with E-state index < -0.39 is 11.6 Å². The van der Waals surface area contributed by atoms with Crippen molar-refractivity contribution in [3.8, 4) is 0 Å². The molecular weight excluding hydrogens is 268 g/mol. The van der Waals surface area contributed by atoms with Gasteiger partial charge in [0.05, 0.1) is 12.1 Å². The maximum absolute atomic E-state index is 13.4. The van der Waals surface area contributed by atoms with E-state index in [0.29, 0.717) is 0 Å². The third-order valence-corrected chi connectivity index (χ3v) is 3.90. The number of rotatable bonds is 4. The van der Waals surface area contributed by atoms with Gasteiger partial charge in [-0.25, -0.2) is 13.8 Å². The van der Waals surface area contributed by atoms with Crippen molar-refractivity contribution in [3.05, 3.63) is 51.0 Å². The summed E-state index contributed by atoms with van der Waals surface area (Å²) in [6.45, 7) is 3.83. The maximum Gasteiger partial charge on any atom is 0.144 e. The zero-order chi connectivity index (χ0) is 14.0. The highest BCUT2D eigenvalue weighted by atomic mass is 32.1. The fraction of sp³-hybridized carbons (Fsp3) is 0.286. The fourth-order valence-electron chi connectivity index (χ4n) is 1.72. The van der Waals surface area contributed by atoms with Gasteiger partial charge in [0.15, 0.2) is 0 Å². The van der Waals surface area contributed by atoms with Crippen molar-refractivity contribution in [3.63, 3.8) is 0 Å². The largest absolute Gasteiger partial charge is 0.299 e. The number of aromatic nitrogens is 1. The average Bonchev–Trinajstić information content (AvgIpc) is 2.62. The highest BCUT2D eigenvalue weighted by molar-refractivity contribution is 7.11. The summed E-state index contributed by atoms with van der Waals surface area (Å²) in [6.07, 6.45) is 0.153. The van der Waals surface area contributed by atoms with Crippen LogP contribution in [0.3, 0.4) is 0 Å². The number of halogens is 2. The Labute approximate surface area is 114 Å². The normalized spacial score (nSPS) is 10.7. The smallest absolute Gasteiger partial charge is 0.144 e. The lowest BCUT2D eigenvalue weighted by atomic mass is 10.1. The molecule has 0 unspecified atom stereocenters. The van der Waals surface area contributed by atoms with E-state index in [9.17, 15) is 13.6 Å². The molecule has 0 bridgehead atoms. The molecule has 5 heteroatoms. The molecule has 0 radical (unpaired) electrons. The van der Waals surface area contributed by atoms with Gasteiger partial charge in [-0.15, -0.1) is 11.3 Å². The predicted molar refractivity (Wildman–Crippen MR) is 70.4 cm³/mol. The van der Waals surface area contributed by atoms with Crippen molar-refractivity contribution in [2.24, 2.45) is 0 Å². The van der Waals surface area contributed by atoms with Crippen LogP contribution in [0.1, 0.15) is 21.1 Å². The number of thiazole rings is 1. The molecule has 2 rings (SSSR count). The van der Waals surface area contributed by atoms with Crippen LogP contribution in [0.5, 0.6) is 0 Å². The summed E-state index contributed by atoms with van der Waals surface area (Å²) in [4.78, 5) is 17.2. The Bertz CT molecular complexity index is 602. The molecule has 0 fully saturated rings. The quantitative estimate of drug-likeness (QED) is 0.859. The second kappa shape index (κ2) is 5.57. The van der Waals surface area contributed by atoms with Gasteiger partial charge < -0.3 is 0 Å². The first kappa shape index (κ1) is 13.8. The van der Waals surface area contributed by atoms with Crippen LogP contribution in [0.2, 0.25) is 0 Å². The Morgan fingerprint density at radius 3 is 2.58 bits per heavy atom. The maximum atomic E-state index is 13.4. The number of benzene rings is 1. The molecule has 0 spiro atoms. The van der Waals surface area contributed by atoms with Crippen LogP contribution in [-0.4, -0.2) is 10.8 Å². The van der Waals surface area contributed by atoms with E-state index in [4.69, 9.17) is 0 Å². The van der Waals surface area contributed by atoms with Crippen LogP contribution in [0.4, 0.5) is 8.78 Å². The third-order valence-electron chi connectivity index (χ3n) is 2.82.